The van der Waals surface area contributed by atoms with Gasteiger partial charge in [0.2, 0.25) is 0 Å². The highest BCUT2D eigenvalue weighted by atomic mass is 16.5. The smallest absolute Gasteiger partial charge is 0.161 e. The second-order valence-electron chi connectivity index (χ2n) is 5.56. The molecule has 0 amide bonds. The lowest BCUT2D eigenvalue weighted by atomic mass is 10.0. The predicted molar refractivity (Wildman–Crippen MR) is 94.0 cm³/mol. The van der Waals surface area contributed by atoms with Gasteiger partial charge < -0.3 is 20.1 Å². The average Bonchev–Trinajstić information content (AvgIpc) is 2.93. The maximum atomic E-state index is 9.77. The number of hydrogen-bond acceptors (Lipinski definition) is 6. The van der Waals surface area contributed by atoms with E-state index in [-0.39, 0.29) is 11.6 Å². The number of nitrogen functional groups attached to an aromatic ring is 1. The van der Waals surface area contributed by atoms with Crippen molar-refractivity contribution >= 4 is 5.82 Å². The van der Waals surface area contributed by atoms with Crippen LogP contribution in [0.25, 0.3) is 22.5 Å². The lowest BCUT2D eigenvalue weighted by Crippen LogP contribution is -2.02. The van der Waals surface area contributed by atoms with Gasteiger partial charge in [0.1, 0.15) is 23.3 Å². The van der Waals surface area contributed by atoms with Gasteiger partial charge in [0.15, 0.2) is 11.5 Å². The molecule has 0 unspecified atom stereocenters. The molecule has 0 bridgehead atoms. The van der Waals surface area contributed by atoms with Crippen molar-refractivity contribution < 1.29 is 9.84 Å². The minimum Gasteiger partial charge on any atom is -0.504 e. The first kappa shape index (κ1) is 16.3. The molecule has 2 heterocycles. The van der Waals surface area contributed by atoms with Gasteiger partial charge in [-0.15, -0.1) is 0 Å². The van der Waals surface area contributed by atoms with Crippen LogP contribution in [0.15, 0.2) is 30.5 Å². The number of aromatic hydroxyl groups is 1. The Labute approximate surface area is 145 Å². The summed E-state index contributed by atoms with van der Waals surface area (Å²) in [6, 6.07) is 8.81. The summed E-state index contributed by atoms with van der Waals surface area (Å²) in [5.74, 6) is 1.33. The first-order chi connectivity index (χ1) is 12.0. The van der Waals surface area contributed by atoms with Crippen LogP contribution in [0.2, 0.25) is 0 Å². The fourth-order valence-electron chi connectivity index (χ4n) is 2.62. The largest absolute Gasteiger partial charge is 0.504 e. The minimum absolute atomic E-state index is 0.0374. The topological polar surface area (TPSA) is 110 Å². The van der Waals surface area contributed by atoms with E-state index in [1.807, 2.05) is 18.5 Å². The molecule has 3 N–H and O–H groups in total. The van der Waals surface area contributed by atoms with Crippen LogP contribution in [-0.2, 0) is 7.05 Å². The number of aryl methyl sites for hydroxylation is 1. The Morgan fingerprint density at radius 1 is 1.32 bits per heavy atom. The fraction of sp³-hybridized carbons (Fsp3) is 0.167. The van der Waals surface area contributed by atoms with Gasteiger partial charge >= 0.3 is 0 Å². The summed E-state index contributed by atoms with van der Waals surface area (Å²) in [6.07, 6.45) is 1.70. The number of methoxy groups -OCH3 is 1. The van der Waals surface area contributed by atoms with E-state index >= 15 is 0 Å². The monoisotopic (exact) mass is 335 g/mol. The molecule has 3 aromatic rings. The molecular formula is C18H17N5O2. The zero-order chi connectivity index (χ0) is 18.1. The molecule has 0 spiro atoms. The Balaban J connectivity index is 2.24. The molecule has 25 heavy (non-hydrogen) atoms. The molecule has 0 aliphatic heterocycles. The number of hydrogen-bond donors (Lipinski definition) is 2. The quantitative estimate of drug-likeness (QED) is 0.761. The van der Waals surface area contributed by atoms with Gasteiger partial charge in [0, 0.05) is 18.2 Å². The number of aromatic nitrogens is 3. The zero-order valence-corrected chi connectivity index (χ0v) is 14.1. The van der Waals surface area contributed by atoms with Gasteiger partial charge in [0.05, 0.1) is 24.7 Å². The van der Waals surface area contributed by atoms with Crippen molar-refractivity contribution in [1.82, 2.24) is 14.5 Å². The van der Waals surface area contributed by atoms with E-state index in [9.17, 15) is 10.4 Å². The number of nitriles is 1. The summed E-state index contributed by atoms with van der Waals surface area (Å²) in [4.78, 5) is 8.61. The third-order valence-corrected chi connectivity index (χ3v) is 4.13. The normalized spacial score (nSPS) is 10.5. The van der Waals surface area contributed by atoms with Crippen LogP contribution < -0.4 is 10.5 Å². The van der Waals surface area contributed by atoms with Crippen molar-refractivity contribution in [3.8, 4) is 40.1 Å². The predicted octanol–water partition coefficient (Wildman–Crippen LogP) is 2.63. The lowest BCUT2D eigenvalue weighted by molar-refractivity contribution is 0.373. The first-order valence-corrected chi connectivity index (χ1v) is 7.53. The minimum atomic E-state index is 0.0374. The van der Waals surface area contributed by atoms with E-state index in [1.165, 1.54) is 13.2 Å². The van der Waals surface area contributed by atoms with Crippen molar-refractivity contribution in [3.63, 3.8) is 0 Å². The van der Waals surface area contributed by atoms with Gasteiger partial charge in [-0.25, -0.2) is 9.97 Å². The number of phenols is 1. The summed E-state index contributed by atoms with van der Waals surface area (Å²) in [7, 11) is 3.35. The van der Waals surface area contributed by atoms with E-state index in [2.05, 4.69) is 16.0 Å². The van der Waals surface area contributed by atoms with Crippen LogP contribution in [0.5, 0.6) is 11.5 Å². The third kappa shape index (κ3) is 2.74. The Hall–Kier alpha value is -3.53. The van der Waals surface area contributed by atoms with Crippen LogP contribution >= 0.6 is 0 Å². The van der Waals surface area contributed by atoms with Crippen LogP contribution in [0, 0.1) is 18.3 Å². The highest BCUT2D eigenvalue weighted by Gasteiger charge is 2.17. The van der Waals surface area contributed by atoms with Crippen molar-refractivity contribution in [2.75, 3.05) is 12.8 Å². The van der Waals surface area contributed by atoms with Crippen molar-refractivity contribution in [2.45, 2.75) is 6.92 Å². The summed E-state index contributed by atoms with van der Waals surface area (Å²) in [5.41, 5.74) is 9.04. The van der Waals surface area contributed by atoms with Crippen molar-refractivity contribution in [3.05, 3.63) is 41.9 Å². The van der Waals surface area contributed by atoms with Crippen molar-refractivity contribution in [1.29, 1.82) is 5.26 Å². The van der Waals surface area contributed by atoms with Crippen LogP contribution in [0.1, 0.15) is 11.4 Å². The van der Waals surface area contributed by atoms with Crippen LogP contribution in [-0.4, -0.2) is 26.8 Å². The maximum absolute atomic E-state index is 9.77. The van der Waals surface area contributed by atoms with E-state index in [4.69, 9.17) is 10.5 Å². The lowest BCUT2D eigenvalue weighted by Gasteiger charge is -2.12. The number of rotatable bonds is 3. The molecule has 1 aromatic carbocycles. The molecule has 7 heteroatoms. The Morgan fingerprint density at radius 2 is 2.08 bits per heavy atom. The number of benzene rings is 1. The molecule has 0 fully saturated rings. The van der Waals surface area contributed by atoms with Gasteiger partial charge in [-0.2, -0.15) is 5.26 Å². The van der Waals surface area contributed by atoms with Gasteiger partial charge in [-0.3, -0.25) is 0 Å². The molecule has 126 valence electrons. The molecule has 0 atom stereocenters. The third-order valence-electron chi connectivity index (χ3n) is 4.13. The molecule has 3 rings (SSSR count). The average molecular weight is 335 g/mol. The standard InChI is InChI=1S/C18H17N5O2/c1-10-21-9-15(23(10)2)12-7-14(22-18(20)13(12)8-19)11-4-5-16(24)17(6-11)25-3/h4-7,9,24H,1-3H3,(H2,20,22). The summed E-state index contributed by atoms with van der Waals surface area (Å²) in [6.45, 7) is 1.88. The molecule has 0 saturated carbocycles. The maximum Gasteiger partial charge on any atom is 0.161 e. The molecule has 7 nitrogen and oxygen atoms in total. The second kappa shape index (κ2) is 6.17. The molecule has 0 radical (unpaired) electrons. The molecule has 0 aliphatic rings. The summed E-state index contributed by atoms with van der Waals surface area (Å²) >= 11 is 0. The molecular weight excluding hydrogens is 318 g/mol. The first-order valence-electron chi connectivity index (χ1n) is 7.53. The van der Waals surface area contributed by atoms with Gasteiger partial charge in [0.25, 0.3) is 0 Å². The Kier molecular flexibility index (Phi) is 4.03. The summed E-state index contributed by atoms with van der Waals surface area (Å²) < 4.78 is 7.03. The number of ether oxygens (including phenoxy) is 1. The summed E-state index contributed by atoms with van der Waals surface area (Å²) in [5, 5.41) is 19.3. The van der Waals surface area contributed by atoms with Gasteiger partial charge in [-0.05, 0) is 31.2 Å². The number of nitrogens with two attached hydrogens (primary N) is 1. The fourth-order valence-corrected chi connectivity index (χ4v) is 2.62. The number of nitrogens with zero attached hydrogens (tertiary/aromatic N) is 4. The molecule has 0 saturated heterocycles. The van der Waals surface area contributed by atoms with E-state index in [0.29, 0.717) is 28.1 Å². The Bertz CT molecular complexity index is 1000. The second-order valence-corrected chi connectivity index (χ2v) is 5.56. The molecule has 2 aromatic heterocycles. The Morgan fingerprint density at radius 3 is 2.68 bits per heavy atom. The van der Waals surface area contributed by atoms with E-state index in [1.54, 1.807) is 24.4 Å². The zero-order valence-electron chi connectivity index (χ0n) is 14.1. The van der Waals surface area contributed by atoms with E-state index in [0.717, 1.165) is 11.5 Å². The van der Waals surface area contributed by atoms with Crippen LogP contribution in [0.4, 0.5) is 5.82 Å². The SMILES string of the molecule is COc1cc(-c2cc(-c3cnc(C)n3C)c(C#N)c(N)n2)ccc1O. The van der Waals surface area contributed by atoms with E-state index < -0.39 is 0 Å². The number of pyridine rings is 1. The number of phenolic OH excluding ortho intramolecular Hbond substituents is 1. The highest BCUT2D eigenvalue weighted by molar-refractivity contribution is 5.79. The molecule has 0 aliphatic carbocycles. The number of anilines is 1. The van der Waals surface area contributed by atoms with Crippen molar-refractivity contribution in [2.24, 2.45) is 7.05 Å². The number of imidazole rings is 1. The van der Waals surface area contributed by atoms with Gasteiger partial charge in [-0.1, -0.05) is 0 Å². The van der Waals surface area contributed by atoms with Crippen LogP contribution in [0.3, 0.4) is 0 Å². The highest BCUT2D eigenvalue weighted by Crippen LogP contribution is 2.34.